The van der Waals surface area contributed by atoms with Gasteiger partial charge in [-0.25, -0.2) is 3.93 Å². The molecule has 0 N–H and O–H groups in total. The van der Waals surface area contributed by atoms with Crippen molar-refractivity contribution in [3.8, 4) is 0 Å². The number of benzene rings is 1. The van der Waals surface area contributed by atoms with E-state index in [2.05, 4.69) is 32.1 Å². The van der Waals surface area contributed by atoms with Gasteiger partial charge < -0.3 is 0 Å². The summed E-state index contributed by atoms with van der Waals surface area (Å²) in [4.78, 5) is 11.2. The Balaban J connectivity index is 2.59. The Hall–Kier alpha value is -0.350. The first-order valence-electron chi connectivity index (χ1n) is 3.44. The summed E-state index contributed by atoms with van der Waals surface area (Å²) in [5.41, 5.74) is 1.93. The fourth-order valence-electron chi connectivity index (χ4n) is 1.23. The van der Waals surface area contributed by atoms with Crippen molar-refractivity contribution in [1.29, 1.82) is 0 Å². The molecule has 1 heterocycles. The molecule has 0 spiro atoms. The summed E-state index contributed by atoms with van der Waals surface area (Å²) in [5, 5.41) is 0. The van der Waals surface area contributed by atoms with Crippen LogP contribution in [0.4, 0.5) is 5.69 Å². The molecular formula is C8H5Br2NO. The van der Waals surface area contributed by atoms with E-state index in [0.717, 1.165) is 11.3 Å². The topological polar surface area (TPSA) is 20.3 Å². The number of alkyl halides is 1. The molecule has 2 rings (SSSR count). The normalized spacial score (nSPS) is 21.3. The van der Waals surface area contributed by atoms with Crippen LogP contribution < -0.4 is 3.93 Å². The van der Waals surface area contributed by atoms with Crippen LogP contribution in [-0.2, 0) is 4.79 Å². The quantitative estimate of drug-likeness (QED) is 0.531. The Labute approximate surface area is 87.0 Å². The number of rotatable bonds is 0. The summed E-state index contributed by atoms with van der Waals surface area (Å²) < 4.78 is 1.49. The van der Waals surface area contributed by atoms with Crippen LogP contribution in [0, 0.1) is 0 Å². The van der Waals surface area contributed by atoms with Crippen LogP contribution in [0.2, 0.25) is 0 Å². The number of anilines is 1. The second-order valence-electron chi connectivity index (χ2n) is 2.54. The van der Waals surface area contributed by atoms with Gasteiger partial charge in [0.1, 0.15) is 4.83 Å². The molecule has 12 heavy (non-hydrogen) atoms. The van der Waals surface area contributed by atoms with Crippen molar-refractivity contribution in [1.82, 2.24) is 0 Å². The Morgan fingerprint density at radius 2 is 2.00 bits per heavy atom. The van der Waals surface area contributed by atoms with Crippen molar-refractivity contribution in [2.24, 2.45) is 0 Å². The third-order valence-electron chi connectivity index (χ3n) is 1.83. The van der Waals surface area contributed by atoms with Crippen LogP contribution in [0.5, 0.6) is 0 Å². The van der Waals surface area contributed by atoms with Crippen LogP contribution in [0.3, 0.4) is 0 Å². The molecule has 62 valence electrons. The van der Waals surface area contributed by atoms with Crippen LogP contribution in [0.1, 0.15) is 10.4 Å². The number of fused-ring (bicyclic) bond motifs is 1. The summed E-state index contributed by atoms with van der Waals surface area (Å²) in [6, 6.07) is 7.68. The summed E-state index contributed by atoms with van der Waals surface area (Å²) >= 11 is 6.52. The van der Waals surface area contributed by atoms with Crippen molar-refractivity contribution >= 4 is 43.7 Å². The first-order chi connectivity index (χ1) is 5.72. The van der Waals surface area contributed by atoms with E-state index in [1.165, 1.54) is 3.93 Å². The van der Waals surface area contributed by atoms with Gasteiger partial charge in [0.15, 0.2) is 0 Å². The maximum Gasteiger partial charge on any atom is 0.255 e. The molecule has 0 aliphatic carbocycles. The summed E-state index contributed by atoms with van der Waals surface area (Å²) in [6.45, 7) is 0. The Kier molecular flexibility index (Phi) is 1.96. The number of carbonyl (C=O) groups is 1. The molecule has 1 aromatic carbocycles. The molecule has 0 aromatic heterocycles. The highest BCUT2D eigenvalue weighted by atomic mass is 79.9. The number of para-hydroxylation sites is 1. The largest absolute Gasteiger partial charge is 0.272 e. The number of carbonyl (C=O) groups excluding carboxylic acids is 1. The van der Waals surface area contributed by atoms with Crippen LogP contribution in [0.15, 0.2) is 24.3 Å². The molecule has 0 fully saturated rings. The summed E-state index contributed by atoms with van der Waals surface area (Å²) in [5.74, 6) is 0.0243. The molecule has 0 bridgehead atoms. The van der Waals surface area contributed by atoms with Crippen LogP contribution in [-0.4, -0.2) is 5.91 Å². The fourth-order valence-corrected chi connectivity index (χ4v) is 2.63. The van der Waals surface area contributed by atoms with Gasteiger partial charge in [0.2, 0.25) is 0 Å². The van der Waals surface area contributed by atoms with E-state index in [-0.39, 0.29) is 10.7 Å². The fraction of sp³-hybridized carbons (Fsp3) is 0.125. The van der Waals surface area contributed by atoms with Crippen molar-refractivity contribution in [3.05, 3.63) is 29.8 Å². The minimum atomic E-state index is -0.201. The molecular weight excluding hydrogens is 286 g/mol. The summed E-state index contributed by atoms with van der Waals surface area (Å²) in [7, 11) is 0. The van der Waals surface area contributed by atoms with Gasteiger partial charge in [-0.1, -0.05) is 34.1 Å². The molecule has 2 nitrogen and oxygen atoms in total. The van der Waals surface area contributed by atoms with E-state index < -0.39 is 0 Å². The molecule has 1 unspecified atom stereocenters. The van der Waals surface area contributed by atoms with Crippen LogP contribution in [0.25, 0.3) is 0 Å². The first kappa shape index (κ1) is 8.26. The van der Waals surface area contributed by atoms with Crippen LogP contribution >= 0.6 is 32.1 Å². The van der Waals surface area contributed by atoms with Crippen molar-refractivity contribution in [2.45, 2.75) is 4.83 Å². The second kappa shape index (κ2) is 2.85. The van der Waals surface area contributed by atoms with Gasteiger partial charge in [0, 0.05) is 0 Å². The van der Waals surface area contributed by atoms with E-state index in [9.17, 15) is 4.79 Å². The lowest BCUT2D eigenvalue weighted by Crippen LogP contribution is -2.14. The monoisotopic (exact) mass is 289 g/mol. The smallest absolute Gasteiger partial charge is 0.255 e. The number of halogens is 2. The van der Waals surface area contributed by atoms with E-state index in [1.807, 2.05) is 24.3 Å². The van der Waals surface area contributed by atoms with Gasteiger partial charge >= 0.3 is 0 Å². The minimum Gasteiger partial charge on any atom is -0.272 e. The number of amides is 1. The zero-order valence-electron chi connectivity index (χ0n) is 6.00. The lowest BCUT2D eigenvalue weighted by molar-refractivity contribution is -0.116. The molecule has 1 aliphatic rings. The van der Waals surface area contributed by atoms with E-state index in [1.54, 1.807) is 0 Å². The lowest BCUT2D eigenvalue weighted by Gasteiger charge is -2.04. The molecule has 1 atom stereocenters. The predicted octanol–water partition coefficient (Wildman–Crippen LogP) is 2.78. The maximum atomic E-state index is 11.4. The third kappa shape index (κ3) is 1.02. The van der Waals surface area contributed by atoms with Gasteiger partial charge in [0.25, 0.3) is 5.91 Å². The van der Waals surface area contributed by atoms with E-state index in [0.29, 0.717) is 0 Å². The van der Waals surface area contributed by atoms with Gasteiger partial charge in [-0.15, -0.1) is 0 Å². The highest BCUT2D eigenvalue weighted by molar-refractivity contribution is 9.11. The van der Waals surface area contributed by atoms with Crippen molar-refractivity contribution in [3.63, 3.8) is 0 Å². The van der Waals surface area contributed by atoms with Crippen molar-refractivity contribution < 1.29 is 4.79 Å². The molecule has 1 amide bonds. The maximum absolute atomic E-state index is 11.4. The summed E-state index contributed by atoms with van der Waals surface area (Å²) in [6.07, 6.45) is 0. The standard InChI is InChI=1S/C8H5Br2NO/c9-7-5-3-1-2-4-6(5)11(10)8(7)12/h1-4,7H. The van der Waals surface area contributed by atoms with Crippen molar-refractivity contribution in [2.75, 3.05) is 3.93 Å². The van der Waals surface area contributed by atoms with Gasteiger partial charge in [-0.3, -0.25) is 4.79 Å². The number of nitrogens with zero attached hydrogens (tertiary/aromatic N) is 1. The average Bonchev–Trinajstić information content (AvgIpc) is 2.33. The van der Waals surface area contributed by atoms with Gasteiger partial charge in [-0.05, 0) is 11.6 Å². The van der Waals surface area contributed by atoms with Gasteiger partial charge in [0.05, 0.1) is 21.8 Å². The zero-order chi connectivity index (χ0) is 8.72. The minimum absolute atomic E-state index is 0.0243. The average molecular weight is 291 g/mol. The highest BCUT2D eigenvalue weighted by Gasteiger charge is 2.33. The first-order valence-corrected chi connectivity index (χ1v) is 5.07. The van der Waals surface area contributed by atoms with E-state index in [4.69, 9.17) is 0 Å². The highest BCUT2D eigenvalue weighted by Crippen LogP contribution is 2.41. The Morgan fingerprint density at radius 1 is 1.33 bits per heavy atom. The molecule has 4 heteroatoms. The third-order valence-corrected chi connectivity index (χ3v) is 3.45. The molecule has 0 saturated carbocycles. The van der Waals surface area contributed by atoms with Gasteiger partial charge in [-0.2, -0.15) is 0 Å². The number of hydrogen-bond donors (Lipinski definition) is 0. The molecule has 0 saturated heterocycles. The predicted molar refractivity (Wildman–Crippen MR) is 54.5 cm³/mol. The Bertz CT molecular complexity index is 309. The molecule has 1 aromatic rings. The second-order valence-corrected chi connectivity index (χ2v) is 4.17. The number of hydrogen-bond acceptors (Lipinski definition) is 1. The van der Waals surface area contributed by atoms with E-state index >= 15 is 0 Å². The SMILES string of the molecule is O=C1C(Br)c2ccccc2N1Br. The molecule has 1 aliphatic heterocycles. The Morgan fingerprint density at radius 3 is 2.67 bits per heavy atom. The lowest BCUT2D eigenvalue weighted by atomic mass is 10.2. The molecule has 0 radical (unpaired) electrons. The zero-order valence-corrected chi connectivity index (χ0v) is 9.17.